The number of hydrogen-bond acceptors (Lipinski definition) is 7. The van der Waals surface area contributed by atoms with Gasteiger partial charge in [0, 0.05) is 35.3 Å². The van der Waals surface area contributed by atoms with E-state index < -0.39 is 34.1 Å². The third-order valence-electron chi connectivity index (χ3n) is 6.75. The molecule has 0 saturated carbocycles. The Labute approximate surface area is 263 Å². The summed E-state index contributed by atoms with van der Waals surface area (Å²) in [4.78, 5) is 30.1. The lowest BCUT2D eigenvalue weighted by Crippen LogP contribution is -2.47. The molecule has 1 unspecified atom stereocenters. The van der Waals surface area contributed by atoms with E-state index in [2.05, 4.69) is 15.6 Å². The number of fused-ring (bicyclic) bond motifs is 1. The van der Waals surface area contributed by atoms with Gasteiger partial charge in [0.05, 0.1) is 0 Å². The Morgan fingerprint density at radius 3 is 2.24 bits per heavy atom. The molecule has 0 bridgehead atoms. The van der Waals surface area contributed by atoms with Crippen LogP contribution in [0.4, 0.5) is 10.5 Å². The molecule has 2 amide bonds. The maximum absolute atomic E-state index is 13.4. The number of pyridine rings is 1. The van der Waals surface area contributed by atoms with E-state index in [-0.39, 0.29) is 17.1 Å². The summed E-state index contributed by atoms with van der Waals surface area (Å²) in [5.41, 5.74) is 2.51. The molecule has 2 atom stereocenters. The summed E-state index contributed by atoms with van der Waals surface area (Å²) in [5.74, 6) is -0.342. The normalized spacial score (nSPS) is 13.3. The van der Waals surface area contributed by atoms with Gasteiger partial charge in [0.25, 0.3) is 10.5 Å². The van der Waals surface area contributed by atoms with Crippen LogP contribution in [-0.2, 0) is 30.7 Å². The highest BCUT2D eigenvalue weighted by molar-refractivity contribution is 7.93. The number of carbonyl (C=O) groups is 2. The number of alkyl carbamates (subject to hydrolysis) is 1. The molecule has 0 fully saturated rings. The third-order valence-corrected chi connectivity index (χ3v) is 8.05. The molecule has 0 radical (unpaired) electrons. The number of rotatable bonds is 9. The van der Waals surface area contributed by atoms with Gasteiger partial charge < -0.3 is 19.9 Å². The van der Waals surface area contributed by atoms with Crippen molar-refractivity contribution in [2.24, 2.45) is 0 Å². The molecule has 0 aliphatic rings. The van der Waals surface area contributed by atoms with Crippen LogP contribution in [-0.4, -0.2) is 33.2 Å². The standard InChI is InChI=1S/C35H33N3O6S/c1-35(2,3)43-34(40)38-31(33(39)37-28-16-14-26(15-17-28)25-8-5-4-6-9-25)22-24-12-18-29(19-13-24)44-45(41,42)32-11-7-10-27-23-36-21-20-30(27)32/h4-21,23,31H,22H2,1-3H3,(H2-,37,38,39,40,41,42)/t31-/m0/s1. The van der Waals surface area contributed by atoms with E-state index in [0.717, 1.165) is 11.1 Å². The van der Waals surface area contributed by atoms with Gasteiger partial charge in [0.15, 0.2) is 5.75 Å². The van der Waals surface area contributed by atoms with Crippen LogP contribution in [0, 0.1) is 0 Å². The Kier molecular flexibility index (Phi) is 9.26. The van der Waals surface area contributed by atoms with Crippen LogP contribution in [0.1, 0.15) is 26.3 Å². The van der Waals surface area contributed by atoms with Crippen molar-refractivity contribution in [3.8, 4) is 16.9 Å². The summed E-state index contributed by atoms with van der Waals surface area (Å²) in [5, 5.41) is 6.71. The lowest BCUT2D eigenvalue weighted by molar-refractivity contribution is -0.118. The number of nitrogens with one attached hydrogen (secondary N) is 2. The van der Waals surface area contributed by atoms with Gasteiger partial charge >= 0.3 is 6.09 Å². The van der Waals surface area contributed by atoms with Crippen LogP contribution in [0.5, 0.6) is 5.75 Å². The Hall–Kier alpha value is -5.06. The minimum absolute atomic E-state index is 0.0292. The van der Waals surface area contributed by atoms with Gasteiger partial charge in [-0.15, -0.1) is 0 Å². The first-order valence-electron chi connectivity index (χ1n) is 14.3. The van der Waals surface area contributed by atoms with E-state index in [4.69, 9.17) is 8.92 Å². The number of anilines is 1. The van der Waals surface area contributed by atoms with E-state index in [0.29, 0.717) is 22.0 Å². The van der Waals surface area contributed by atoms with Gasteiger partial charge in [0.1, 0.15) is 11.6 Å². The first kappa shape index (κ1) is 31.4. The zero-order chi connectivity index (χ0) is 32.0. The van der Waals surface area contributed by atoms with E-state index in [1.807, 2.05) is 42.5 Å². The van der Waals surface area contributed by atoms with Crippen LogP contribution < -0.4 is 14.8 Å². The van der Waals surface area contributed by atoms with Gasteiger partial charge in [-0.25, -0.2) is 4.79 Å². The average Bonchev–Trinajstić information content (AvgIpc) is 3.01. The molecule has 5 rings (SSSR count). The number of amides is 2. The second kappa shape index (κ2) is 13.3. The van der Waals surface area contributed by atoms with E-state index in [9.17, 15) is 18.4 Å². The Balaban J connectivity index is 1.30. The van der Waals surface area contributed by atoms with Crippen molar-refractivity contribution in [2.75, 3.05) is 5.32 Å². The zero-order valence-corrected chi connectivity index (χ0v) is 25.9. The Bertz CT molecular complexity index is 1830. The lowest BCUT2D eigenvalue weighted by Gasteiger charge is -2.23. The predicted molar refractivity (Wildman–Crippen MR) is 173 cm³/mol. The maximum Gasteiger partial charge on any atom is 0.408 e. The smallest absolute Gasteiger partial charge is 0.408 e. The zero-order valence-electron chi connectivity index (χ0n) is 25.1. The van der Waals surface area contributed by atoms with Crippen LogP contribution in [0.3, 0.4) is 0 Å². The van der Waals surface area contributed by atoms with Gasteiger partial charge in [-0.3, -0.25) is 14.0 Å². The molecule has 45 heavy (non-hydrogen) atoms. The fourth-order valence-electron chi connectivity index (χ4n) is 4.66. The SMILES string of the molecule is CC(C)(C)OC(=O)N[C@@H](Cc1ccc(O[S+](=O)([O-])c2cccc3cnccc23)cc1)C(=O)Nc1ccc(-c2ccccc2)cc1. The fourth-order valence-corrected chi connectivity index (χ4v) is 5.82. The number of hydrogen-bond donors (Lipinski definition) is 2. The highest BCUT2D eigenvalue weighted by Crippen LogP contribution is 2.29. The van der Waals surface area contributed by atoms with Crippen molar-refractivity contribution in [3.05, 3.63) is 121 Å². The summed E-state index contributed by atoms with van der Waals surface area (Å²) in [6.45, 7) is 5.20. The topological polar surface area (TPSA) is 130 Å². The molecule has 1 heterocycles. The minimum atomic E-state index is -4.14. The summed E-state index contributed by atoms with van der Waals surface area (Å²) in [7, 11) is -4.14. The van der Waals surface area contributed by atoms with Crippen molar-refractivity contribution in [1.82, 2.24) is 10.3 Å². The quantitative estimate of drug-likeness (QED) is 0.170. The first-order chi connectivity index (χ1) is 21.5. The molecule has 0 aliphatic heterocycles. The summed E-state index contributed by atoms with van der Waals surface area (Å²) in [6.07, 6.45) is 2.48. The van der Waals surface area contributed by atoms with Crippen LogP contribution in [0.25, 0.3) is 21.9 Å². The Morgan fingerprint density at radius 1 is 0.867 bits per heavy atom. The molecule has 5 aromatic rings. The molecular formula is C35H33N3O6S. The Morgan fingerprint density at radius 2 is 1.56 bits per heavy atom. The summed E-state index contributed by atoms with van der Waals surface area (Å²) in [6, 6.07) is 29.1. The maximum atomic E-state index is 13.4. The molecule has 4 aromatic carbocycles. The third kappa shape index (κ3) is 8.31. The minimum Gasteiger partial charge on any atom is -0.573 e. The number of ether oxygens (including phenoxy) is 1. The highest BCUT2D eigenvalue weighted by atomic mass is 32.3. The van der Waals surface area contributed by atoms with Crippen molar-refractivity contribution >= 4 is 39.0 Å². The second-order valence-electron chi connectivity index (χ2n) is 11.4. The van der Waals surface area contributed by atoms with E-state index in [1.165, 1.54) is 24.4 Å². The number of aromatic nitrogens is 1. The highest BCUT2D eigenvalue weighted by Gasteiger charge is 2.27. The molecule has 0 saturated heterocycles. The van der Waals surface area contributed by atoms with E-state index >= 15 is 0 Å². The molecule has 10 heteroatoms. The van der Waals surface area contributed by atoms with Crippen molar-refractivity contribution in [2.45, 2.75) is 43.7 Å². The molecule has 2 N–H and O–H groups in total. The fraction of sp³-hybridized carbons (Fsp3) is 0.171. The molecule has 1 aromatic heterocycles. The monoisotopic (exact) mass is 623 g/mol. The number of nitrogens with zero attached hydrogens (tertiary/aromatic N) is 1. The number of benzene rings is 4. The van der Waals surface area contributed by atoms with Gasteiger partial charge in [-0.2, -0.15) is 0 Å². The largest absolute Gasteiger partial charge is 0.573 e. The summed E-state index contributed by atoms with van der Waals surface area (Å²) < 4.78 is 37.1. The van der Waals surface area contributed by atoms with Crippen molar-refractivity contribution in [1.29, 1.82) is 0 Å². The van der Waals surface area contributed by atoms with E-state index in [1.54, 1.807) is 69.4 Å². The number of carbonyl (C=O) groups excluding carboxylic acids is 2. The first-order valence-corrected chi connectivity index (χ1v) is 15.7. The molecule has 230 valence electrons. The molecular weight excluding hydrogens is 590 g/mol. The van der Waals surface area contributed by atoms with Gasteiger partial charge in [-0.1, -0.05) is 70.9 Å². The second-order valence-corrected chi connectivity index (χ2v) is 12.9. The van der Waals surface area contributed by atoms with Gasteiger partial charge in [-0.05, 0) is 73.9 Å². The molecule has 0 spiro atoms. The van der Waals surface area contributed by atoms with Crippen LogP contribution in [0.15, 0.2) is 120 Å². The average molecular weight is 624 g/mol. The molecule has 0 aliphatic carbocycles. The van der Waals surface area contributed by atoms with Crippen molar-refractivity contribution < 1.29 is 27.3 Å². The lowest BCUT2D eigenvalue weighted by atomic mass is 10.0. The van der Waals surface area contributed by atoms with Crippen LogP contribution >= 0.6 is 0 Å². The predicted octanol–water partition coefficient (Wildman–Crippen LogP) is 6.96. The van der Waals surface area contributed by atoms with Gasteiger partial charge in [0.2, 0.25) is 10.8 Å². The van der Waals surface area contributed by atoms with Crippen LogP contribution in [0.2, 0.25) is 0 Å². The summed E-state index contributed by atoms with van der Waals surface area (Å²) >= 11 is 0. The molecule has 9 nitrogen and oxygen atoms in total. The van der Waals surface area contributed by atoms with Crippen molar-refractivity contribution in [3.63, 3.8) is 0 Å².